The molecule has 3 aromatic rings. The van der Waals surface area contributed by atoms with Crippen LogP contribution in [0.3, 0.4) is 0 Å². The van der Waals surface area contributed by atoms with Crippen LogP contribution in [-0.2, 0) is 6.54 Å². The van der Waals surface area contributed by atoms with Gasteiger partial charge in [-0.1, -0.05) is 34.1 Å². The summed E-state index contributed by atoms with van der Waals surface area (Å²) in [6.45, 7) is 5.06. The summed E-state index contributed by atoms with van der Waals surface area (Å²) in [7, 11) is 0. The van der Waals surface area contributed by atoms with Crippen molar-refractivity contribution in [3.05, 3.63) is 63.8 Å². The Kier molecular flexibility index (Phi) is 3.53. The van der Waals surface area contributed by atoms with Gasteiger partial charge >= 0.3 is 0 Å². The van der Waals surface area contributed by atoms with Gasteiger partial charge in [-0.3, -0.25) is 0 Å². The summed E-state index contributed by atoms with van der Waals surface area (Å²) in [6, 6.07) is 12.7. The second-order valence-electron chi connectivity index (χ2n) is 5.14. The van der Waals surface area contributed by atoms with E-state index < -0.39 is 0 Å². The molecule has 0 amide bonds. The van der Waals surface area contributed by atoms with E-state index in [0.717, 1.165) is 12.2 Å². The minimum Gasteiger partial charge on any atom is -0.381 e. The Balaban J connectivity index is 1.83. The second kappa shape index (κ2) is 5.33. The number of rotatable bonds is 3. The number of anilines is 1. The van der Waals surface area contributed by atoms with Crippen LogP contribution < -0.4 is 5.32 Å². The Morgan fingerprint density at radius 1 is 1.10 bits per heavy atom. The molecule has 0 unspecified atom stereocenters. The van der Waals surface area contributed by atoms with E-state index in [4.69, 9.17) is 0 Å². The molecule has 0 atom stereocenters. The van der Waals surface area contributed by atoms with Crippen LogP contribution in [0, 0.1) is 13.8 Å². The van der Waals surface area contributed by atoms with Crippen molar-refractivity contribution in [1.82, 2.24) is 4.98 Å². The number of benzene rings is 2. The van der Waals surface area contributed by atoms with Crippen LogP contribution in [0.1, 0.15) is 16.7 Å². The summed E-state index contributed by atoms with van der Waals surface area (Å²) < 4.78 is 1.19. The zero-order valence-corrected chi connectivity index (χ0v) is 13.2. The monoisotopic (exact) mass is 328 g/mol. The molecule has 0 fully saturated rings. The van der Waals surface area contributed by atoms with Crippen LogP contribution in [0.25, 0.3) is 10.9 Å². The van der Waals surface area contributed by atoms with Gasteiger partial charge in [-0.2, -0.15) is 0 Å². The SMILES string of the molecule is Cc1cc(NCc2c[nH]c3ccccc23)cc(C)c1Br. The predicted octanol–water partition coefficient (Wildman–Crippen LogP) is 5.16. The van der Waals surface area contributed by atoms with Gasteiger partial charge in [0, 0.05) is 33.8 Å². The number of hydrogen-bond donors (Lipinski definition) is 2. The van der Waals surface area contributed by atoms with Gasteiger partial charge in [-0.15, -0.1) is 0 Å². The van der Waals surface area contributed by atoms with Crippen molar-refractivity contribution in [2.75, 3.05) is 5.32 Å². The number of fused-ring (bicyclic) bond motifs is 1. The molecule has 102 valence electrons. The lowest BCUT2D eigenvalue weighted by atomic mass is 10.1. The molecule has 2 nitrogen and oxygen atoms in total. The van der Waals surface area contributed by atoms with Crippen molar-refractivity contribution in [3.8, 4) is 0 Å². The largest absolute Gasteiger partial charge is 0.381 e. The van der Waals surface area contributed by atoms with Gasteiger partial charge in [0.05, 0.1) is 0 Å². The number of H-pyrrole nitrogens is 1. The molecule has 0 radical (unpaired) electrons. The van der Waals surface area contributed by atoms with E-state index in [-0.39, 0.29) is 0 Å². The molecule has 0 spiro atoms. The maximum Gasteiger partial charge on any atom is 0.0457 e. The lowest BCUT2D eigenvalue weighted by Gasteiger charge is -2.10. The topological polar surface area (TPSA) is 27.8 Å². The molecule has 2 aromatic carbocycles. The van der Waals surface area contributed by atoms with Crippen LogP contribution >= 0.6 is 15.9 Å². The molecule has 1 aromatic heterocycles. The average Bonchev–Trinajstić information content (AvgIpc) is 2.85. The zero-order chi connectivity index (χ0) is 14.1. The van der Waals surface area contributed by atoms with Crippen LogP contribution in [-0.4, -0.2) is 4.98 Å². The van der Waals surface area contributed by atoms with Crippen LogP contribution in [0.5, 0.6) is 0 Å². The summed E-state index contributed by atoms with van der Waals surface area (Å²) in [5.74, 6) is 0. The Morgan fingerprint density at radius 3 is 2.55 bits per heavy atom. The van der Waals surface area contributed by atoms with Crippen LogP contribution in [0.2, 0.25) is 0 Å². The summed E-state index contributed by atoms with van der Waals surface area (Å²) in [5.41, 5.74) is 6.15. The smallest absolute Gasteiger partial charge is 0.0457 e. The van der Waals surface area contributed by atoms with Gasteiger partial charge in [-0.05, 0) is 48.7 Å². The zero-order valence-electron chi connectivity index (χ0n) is 11.6. The van der Waals surface area contributed by atoms with Crippen molar-refractivity contribution in [1.29, 1.82) is 0 Å². The molecular weight excluding hydrogens is 312 g/mol. The first-order valence-corrected chi connectivity index (χ1v) is 7.50. The van der Waals surface area contributed by atoms with Crippen molar-refractivity contribution >= 4 is 32.5 Å². The molecule has 0 aliphatic carbocycles. The quantitative estimate of drug-likeness (QED) is 0.682. The van der Waals surface area contributed by atoms with Gasteiger partial charge in [0.2, 0.25) is 0 Å². The number of hydrogen-bond acceptors (Lipinski definition) is 1. The van der Waals surface area contributed by atoms with Gasteiger partial charge in [0.15, 0.2) is 0 Å². The fourth-order valence-electron chi connectivity index (χ4n) is 2.52. The number of halogens is 1. The number of aromatic amines is 1. The molecule has 1 heterocycles. The highest BCUT2D eigenvalue weighted by Crippen LogP contribution is 2.26. The first-order chi connectivity index (χ1) is 9.65. The fourth-order valence-corrected chi connectivity index (χ4v) is 2.75. The van der Waals surface area contributed by atoms with Crippen LogP contribution in [0.15, 0.2) is 47.1 Å². The number of para-hydroxylation sites is 1. The lowest BCUT2D eigenvalue weighted by molar-refractivity contribution is 1.15. The minimum absolute atomic E-state index is 0.824. The predicted molar refractivity (Wildman–Crippen MR) is 89.2 cm³/mol. The van der Waals surface area contributed by atoms with E-state index in [2.05, 4.69) is 82.7 Å². The molecule has 0 bridgehead atoms. The maximum absolute atomic E-state index is 3.60. The van der Waals surface area contributed by atoms with Crippen molar-refractivity contribution < 1.29 is 0 Å². The van der Waals surface area contributed by atoms with Gasteiger partial charge < -0.3 is 10.3 Å². The highest BCUT2D eigenvalue weighted by atomic mass is 79.9. The number of aromatic nitrogens is 1. The molecule has 20 heavy (non-hydrogen) atoms. The minimum atomic E-state index is 0.824. The van der Waals surface area contributed by atoms with E-state index in [0.29, 0.717) is 0 Å². The lowest BCUT2D eigenvalue weighted by Crippen LogP contribution is -1.99. The number of nitrogens with one attached hydrogen (secondary N) is 2. The third kappa shape index (κ3) is 2.46. The van der Waals surface area contributed by atoms with E-state index in [9.17, 15) is 0 Å². The van der Waals surface area contributed by atoms with Crippen molar-refractivity contribution in [2.24, 2.45) is 0 Å². The third-order valence-electron chi connectivity index (χ3n) is 3.59. The Bertz CT molecular complexity index is 736. The molecule has 0 saturated heterocycles. The summed E-state index contributed by atoms with van der Waals surface area (Å²) in [4.78, 5) is 3.31. The second-order valence-corrected chi connectivity index (χ2v) is 5.93. The Labute approximate surface area is 127 Å². The Morgan fingerprint density at radius 2 is 1.80 bits per heavy atom. The standard InChI is InChI=1S/C17H17BrN2/c1-11-7-14(8-12(2)17(11)18)19-9-13-10-20-16-6-4-3-5-15(13)16/h3-8,10,19-20H,9H2,1-2H3. The highest BCUT2D eigenvalue weighted by molar-refractivity contribution is 9.10. The van der Waals surface area contributed by atoms with Crippen molar-refractivity contribution in [3.63, 3.8) is 0 Å². The Hall–Kier alpha value is -1.74. The van der Waals surface area contributed by atoms with Crippen LogP contribution in [0.4, 0.5) is 5.69 Å². The van der Waals surface area contributed by atoms with E-state index in [1.54, 1.807) is 0 Å². The van der Waals surface area contributed by atoms with Gasteiger partial charge in [0.1, 0.15) is 0 Å². The van der Waals surface area contributed by atoms with E-state index in [1.807, 2.05) is 0 Å². The maximum atomic E-state index is 3.60. The van der Waals surface area contributed by atoms with Crippen molar-refractivity contribution in [2.45, 2.75) is 20.4 Å². The summed E-state index contributed by atoms with van der Waals surface area (Å²) in [6.07, 6.45) is 2.08. The van der Waals surface area contributed by atoms with Gasteiger partial charge in [0.25, 0.3) is 0 Å². The molecule has 3 rings (SSSR count). The average molecular weight is 329 g/mol. The van der Waals surface area contributed by atoms with Gasteiger partial charge in [-0.25, -0.2) is 0 Å². The number of aryl methyl sites for hydroxylation is 2. The molecule has 3 heteroatoms. The van der Waals surface area contributed by atoms with E-state index in [1.165, 1.54) is 32.1 Å². The fraction of sp³-hybridized carbons (Fsp3) is 0.176. The van der Waals surface area contributed by atoms with E-state index >= 15 is 0 Å². The molecule has 0 saturated carbocycles. The summed E-state index contributed by atoms with van der Waals surface area (Å²) in [5, 5.41) is 4.79. The normalized spacial score (nSPS) is 10.9. The first kappa shape index (κ1) is 13.3. The molecule has 2 N–H and O–H groups in total. The summed E-state index contributed by atoms with van der Waals surface area (Å²) >= 11 is 3.60. The molecule has 0 aliphatic rings. The third-order valence-corrected chi connectivity index (χ3v) is 4.85. The molecule has 0 aliphatic heterocycles. The highest BCUT2D eigenvalue weighted by Gasteiger charge is 2.05. The molecular formula is C17H17BrN2. The first-order valence-electron chi connectivity index (χ1n) is 6.71.